The summed E-state index contributed by atoms with van der Waals surface area (Å²) < 4.78 is 0. The largest absolute Gasteiger partial charge is 0.394 e. The van der Waals surface area contributed by atoms with Gasteiger partial charge in [-0.2, -0.15) is 0 Å². The van der Waals surface area contributed by atoms with Gasteiger partial charge in [-0.3, -0.25) is 0 Å². The monoisotopic (exact) mass is 174 g/mol. The lowest BCUT2D eigenvalue weighted by Gasteiger charge is -2.22. The standard InChI is InChI=1S/C8H18N2O2/c1-6(5-11)9-7(12)10-8(2,3)4/h6,11H,5H2,1-4H3,(H2,9,10,12)/t6-/m1/s1. The van der Waals surface area contributed by atoms with Gasteiger partial charge in [0.15, 0.2) is 0 Å². The second-order valence-corrected chi connectivity index (χ2v) is 3.93. The van der Waals surface area contributed by atoms with Gasteiger partial charge in [0.05, 0.1) is 12.6 Å². The lowest BCUT2D eigenvalue weighted by atomic mass is 10.1. The summed E-state index contributed by atoms with van der Waals surface area (Å²) in [6, 6.07) is -0.448. The molecular weight excluding hydrogens is 156 g/mol. The number of carbonyl (C=O) groups is 1. The average molecular weight is 174 g/mol. The van der Waals surface area contributed by atoms with Crippen LogP contribution in [-0.4, -0.2) is 29.3 Å². The summed E-state index contributed by atoms with van der Waals surface area (Å²) in [5.41, 5.74) is -0.237. The molecule has 0 radical (unpaired) electrons. The van der Waals surface area contributed by atoms with Gasteiger partial charge >= 0.3 is 6.03 Å². The van der Waals surface area contributed by atoms with Gasteiger partial charge in [0.25, 0.3) is 0 Å². The van der Waals surface area contributed by atoms with Crippen LogP contribution in [0.4, 0.5) is 4.79 Å². The number of aliphatic hydroxyl groups excluding tert-OH is 1. The molecule has 0 aromatic heterocycles. The van der Waals surface area contributed by atoms with E-state index in [1.165, 1.54) is 0 Å². The average Bonchev–Trinajstić information content (AvgIpc) is 1.82. The van der Waals surface area contributed by atoms with Gasteiger partial charge in [0.2, 0.25) is 0 Å². The molecule has 12 heavy (non-hydrogen) atoms. The highest BCUT2D eigenvalue weighted by atomic mass is 16.3. The van der Waals surface area contributed by atoms with Crippen molar-refractivity contribution in [2.45, 2.75) is 39.3 Å². The Morgan fingerprint density at radius 3 is 2.33 bits per heavy atom. The zero-order valence-electron chi connectivity index (χ0n) is 8.14. The number of nitrogens with one attached hydrogen (secondary N) is 2. The van der Waals surface area contributed by atoms with E-state index in [1.807, 2.05) is 20.8 Å². The zero-order valence-corrected chi connectivity index (χ0v) is 8.14. The molecule has 0 aliphatic rings. The van der Waals surface area contributed by atoms with Gasteiger partial charge in [0, 0.05) is 5.54 Å². The van der Waals surface area contributed by atoms with Gasteiger partial charge < -0.3 is 15.7 Å². The highest BCUT2D eigenvalue weighted by Crippen LogP contribution is 1.97. The highest BCUT2D eigenvalue weighted by molar-refractivity contribution is 5.74. The van der Waals surface area contributed by atoms with Crippen LogP contribution in [0.15, 0.2) is 0 Å². The molecule has 0 aromatic rings. The number of hydrogen-bond acceptors (Lipinski definition) is 2. The normalized spacial score (nSPS) is 13.8. The van der Waals surface area contributed by atoms with Crippen molar-refractivity contribution in [1.29, 1.82) is 0 Å². The second kappa shape index (κ2) is 4.30. The van der Waals surface area contributed by atoms with Crippen LogP contribution in [0.3, 0.4) is 0 Å². The number of carbonyl (C=O) groups excluding carboxylic acids is 1. The summed E-state index contributed by atoms with van der Waals surface area (Å²) in [6.07, 6.45) is 0. The Hall–Kier alpha value is -0.770. The SMILES string of the molecule is C[C@H](CO)NC(=O)NC(C)(C)C. The van der Waals surface area contributed by atoms with Crippen LogP contribution in [0, 0.1) is 0 Å². The third-order valence-corrected chi connectivity index (χ3v) is 1.14. The Labute approximate surface area is 73.3 Å². The van der Waals surface area contributed by atoms with E-state index in [2.05, 4.69) is 10.6 Å². The van der Waals surface area contributed by atoms with Crippen LogP contribution in [0.25, 0.3) is 0 Å². The summed E-state index contributed by atoms with van der Waals surface area (Å²) in [7, 11) is 0. The second-order valence-electron chi connectivity index (χ2n) is 3.93. The third-order valence-electron chi connectivity index (χ3n) is 1.14. The fourth-order valence-electron chi connectivity index (χ4n) is 0.646. The first-order chi connectivity index (χ1) is 5.35. The quantitative estimate of drug-likeness (QED) is 0.569. The number of urea groups is 1. The van der Waals surface area contributed by atoms with Crippen molar-refractivity contribution in [3.63, 3.8) is 0 Å². The molecule has 4 nitrogen and oxygen atoms in total. The molecular formula is C8H18N2O2. The van der Waals surface area contributed by atoms with Crippen molar-refractivity contribution in [3.8, 4) is 0 Å². The van der Waals surface area contributed by atoms with Crippen molar-refractivity contribution in [2.75, 3.05) is 6.61 Å². The van der Waals surface area contributed by atoms with E-state index < -0.39 is 0 Å². The van der Waals surface area contributed by atoms with Crippen molar-refractivity contribution in [1.82, 2.24) is 10.6 Å². The van der Waals surface area contributed by atoms with Crippen molar-refractivity contribution in [2.24, 2.45) is 0 Å². The van der Waals surface area contributed by atoms with Crippen molar-refractivity contribution < 1.29 is 9.90 Å². The molecule has 0 fully saturated rings. The number of amides is 2. The molecule has 0 bridgehead atoms. The number of rotatable bonds is 2. The van der Waals surface area contributed by atoms with Crippen LogP contribution in [0.1, 0.15) is 27.7 Å². The first kappa shape index (κ1) is 11.2. The first-order valence-corrected chi connectivity index (χ1v) is 4.04. The van der Waals surface area contributed by atoms with Gasteiger partial charge in [-0.05, 0) is 27.7 Å². The Kier molecular flexibility index (Phi) is 4.03. The first-order valence-electron chi connectivity index (χ1n) is 4.04. The summed E-state index contributed by atoms with van der Waals surface area (Å²) in [4.78, 5) is 11.1. The smallest absolute Gasteiger partial charge is 0.315 e. The summed E-state index contributed by atoms with van der Waals surface area (Å²) in [5.74, 6) is 0. The molecule has 0 heterocycles. The number of hydrogen-bond donors (Lipinski definition) is 3. The van der Waals surface area contributed by atoms with E-state index in [0.29, 0.717) is 0 Å². The van der Waals surface area contributed by atoms with E-state index >= 15 is 0 Å². The molecule has 3 N–H and O–H groups in total. The van der Waals surface area contributed by atoms with Crippen LogP contribution in [-0.2, 0) is 0 Å². The van der Waals surface area contributed by atoms with Crippen molar-refractivity contribution >= 4 is 6.03 Å². The predicted octanol–water partition coefficient (Wildman–Crippen LogP) is 0.465. The number of aliphatic hydroxyl groups is 1. The van der Waals surface area contributed by atoms with E-state index in [9.17, 15) is 4.79 Å². The molecule has 4 heteroatoms. The van der Waals surface area contributed by atoms with Gasteiger partial charge in [0.1, 0.15) is 0 Å². The third kappa shape index (κ3) is 5.97. The molecule has 0 saturated heterocycles. The minimum Gasteiger partial charge on any atom is -0.394 e. The predicted molar refractivity (Wildman–Crippen MR) is 48.0 cm³/mol. The maximum Gasteiger partial charge on any atom is 0.315 e. The van der Waals surface area contributed by atoms with E-state index in [-0.39, 0.29) is 24.2 Å². The zero-order chi connectivity index (χ0) is 9.78. The Morgan fingerprint density at radius 1 is 1.50 bits per heavy atom. The Bertz CT molecular complexity index is 152. The van der Waals surface area contributed by atoms with Gasteiger partial charge in [-0.1, -0.05) is 0 Å². The Morgan fingerprint density at radius 2 is 2.00 bits per heavy atom. The molecule has 0 saturated carbocycles. The molecule has 0 aliphatic carbocycles. The van der Waals surface area contributed by atoms with E-state index in [1.54, 1.807) is 6.92 Å². The topological polar surface area (TPSA) is 61.4 Å². The van der Waals surface area contributed by atoms with Gasteiger partial charge in [-0.15, -0.1) is 0 Å². The Balaban J connectivity index is 3.75. The summed E-state index contributed by atoms with van der Waals surface area (Å²) in [6.45, 7) is 7.39. The van der Waals surface area contributed by atoms with Crippen LogP contribution >= 0.6 is 0 Å². The molecule has 0 unspecified atom stereocenters. The molecule has 72 valence electrons. The highest BCUT2D eigenvalue weighted by Gasteiger charge is 2.14. The van der Waals surface area contributed by atoms with E-state index in [0.717, 1.165) is 0 Å². The lowest BCUT2D eigenvalue weighted by Crippen LogP contribution is -2.49. The molecule has 0 spiro atoms. The lowest BCUT2D eigenvalue weighted by molar-refractivity contribution is 0.213. The van der Waals surface area contributed by atoms with Crippen LogP contribution in [0.5, 0.6) is 0 Å². The molecule has 0 aliphatic heterocycles. The summed E-state index contributed by atoms with van der Waals surface area (Å²) >= 11 is 0. The molecule has 0 rings (SSSR count). The molecule has 0 aromatic carbocycles. The van der Waals surface area contributed by atoms with Crippen LogP contribution in [0.2, 0.25) is 0 Å². The fraction of sp³-hybridized carbons (Fsp3) is 0.875. The molecule has 2 amide bonds. The van der Waals surface area contributed by atoms with Gasteiger partial charge in [-0.25, -0.2) is 4.79 Å². The maximum atomic E-state index is 11.1. The van der Waals surface area contributed by atoms with Crippen molar-refractivity contribution in [3.05, 3.63) is 0 Å². The minimum absolute atomic E-state index is 0.0441. The summed E-state index contributed by atoms with van der Waals surface area (Å²) in [5, 5.41) is 13.9. The fourth-order valence-corrected chi connectivity index (χ4v) is 0.646. The molecule has 1 atom stereocenters. The maximum absolute atomic E-state index is 11.1. The van der Waals surface area contributed by atoms with Crippen LogP contribution < -0.4 is 10.6 Å². The van der Waals surface area contributed by atoms with E-state index in [4.69, 9.17) is 5.11 Å². The minimum atomic E-state index is -0.246.